The lowest BCUT2D eigenvalue weighted by molar-refractivity contribution is 0.590. The van der Waals surface area contributed by atoms with Gasteiger partial charge in [0.05, 0.1) is 18.2 Å². The number of nitrogens with zero attached hydrogens (tertiary/aromatic N) is 4. The molecule has 0 atom stereocenters. The van der Waals surface area contributed by atoms with Crippen LogP contribution >= 0.6 is 0 Å². The quantitative estimate of drug-likeness (QED) is 0.903. The molecule has 5 heteroatoms. The first-order valence-electron chi connectivity index (χ1n) is 6.41. The van der Waals surface area contributed by atoms with Crippen molar-refractivity contribution in [1.29, 1.82) is 0 Å². The second-order valence-electron chi connectivity index (χ2n) is 4.83. The molecule has 0 saturated heterocycles. The number of hydrogen-bond acceptors (Lipinski definition) is 3. The second-order valence-corrected chi connectivity index (χ2v) is 4.83. The minimum absolute atomic E-state index is 0.314. The van der Waals surface area contributed by atoms with Gasteiger partial charge in [0.15, 0.2) is 0 Å². The van der Waals surface area contributed by atoms with Crippen LogP contribution in [0.4, 0.5) is 5.82 Å². The number of aromatic nitrogens is 4. The summed E-state index contributed by atoms with van der Waals surface area (Å²) in [4.78, 5) is 8.79. The van der Waals surface area contributed by atoms with Gasteiger partial charge in [0.1, 0.15) is 17.3 Å². The van der Waals surface area contributed by atoms with E-state index >= 15 is 0 Å². The van der Waals surface area contributed by atoms with E-state index in [1.54, 1.807) is 0 Å². The Bertz CT molecular complexity index is 536. The summed E-state index contributed by atoms with van der Waals surface area (Å²) in [6, 6.07) is 0.314. The number of nitrogen functional groups attached to an aromatic ring is 1. The molecule has 0 aromatic carbocycles. The lowest BCUT2D eigenvalue weighted by atomic mass is 10.3. The van der Waals surface area contributed by atoms with Gasteiger partial charge in [-0.3, -0.25) is 0 Å². The maximum absolute atomic E-state index is 6.22. The van der Waals surface area contributed by atoms with Crippen LogP contribution in [0.1, 0.15) is 39.1 Å². The summed E-state index contributed by atoms with van der Waals surface area (Å²) >= 11 is 0. The van der Waals surface area contributed by atoms with Crippen LogP contribution in [0, 0.1) is 6.92 Å². The SMILES string of the molecule is CCCn1cncc1-c1nc(C)n(C(C)C)c1N. The molecule has 5 nitrogen and oxygen atoms in total. The third-order valence-electron chi connectivity index (χ3n) is 3.06. The number of anilines is 1. The third kappa shape index (κ3) is 2.00. The second kappa shape index (κ2) is 4.84. The van der Waals surface area contributed by atoms with Crippen LogP contribution in [0.5, 0.6) is 0 Å². The Morgan fingerprint density at radius 1 is 1.39 bits per heavy atom. The lowest BCUT2D eigenvalue weighted by Gasteiger charge is -2.11. The van der Waals surface area contributed by atoms with Crippen molar-refractivity contribution in [3.05, 3.63) is 18.3 Å². The molecule has 2 aromatic rings. The van der Waals surface area contributed by atoms with Gasteiger partial charge in [-0.2, -0.15) is 0 Å². The zero-order chi connectivity index (χ0) is 13.3. The van der Waals surface area contributed by atoms with Crippen LogP contribution < -0.4 is 5.73 Å². The number of imidazole rings is 2. The maximum Gasteiger partial charge on any atom is 0.133 e. The van der Waals surface area contributed by atoms with Gasteiger partial charge in [-0.25, -0.2) is 9.97 Å². The highest BCUT2D eigenvalue weighted by Gasteiger charge is 2.18. The summed E-state index contributed by atoms with van der Waals surface area (Å²) in [7, 11) is 0. The van der Waals surface area contributed by atoms with Gasteiger partial charge >= 0.3 is 0 Å². The van der Waals surface area contributed by atoms with Crippen molar-refractivity contribution >= 4 is 5.82 Å². The fourth-order valence-electron chi connectivity index (χ4n) is 2.34. The van der Waals surface area contributed by atoms with Gasteiger partial charge in [0.25, 0.3) is 0 Å². The summed E-state index contributed by atoms with van der Waals surface area (Å²) in [5.74, 6) is 1.67. The summed E-state index contributed by atoms with van der Waals surface area (Å²) in [5.41, 5.74) is 8.06. The van der Waals surface area contributed by atoms with Gasteiger partial charge in [-0.15, -0.1) is 0 Å². The van der Waals surface area contributed by atoms with E-state index in [0.29, 0.717) is 6.04 Å². The van der Waals surface area contributed by atoms with E-state index in [1.165, 1.54) is 0 Å². The average molecular weight is 247 g/mol. The van der Waals surface area contributed by atoms with Crippen molar-refractivity contribution in [3.8, 4) is 11.4 Å². The molecule has 98 valence electrons. The molecule has 0 radical (unpaired) electrons. The molecule has 18 heavy (non-hydrogen) atoms. The van der Waals surface area contributed by atoms with Gasteiger partial charge in [-0.1, -0.05) is 6.92 Å². The van der Waals surface area contributed by atoms with E-state index < -0.39 is 0 Å². The standard InChI is InChI=1S/C13H21N5/c1-5-6-17-8-15-7-11(17)12-13(14)18(9(2)3)10(4)16-12/h7-9H,5-6,14H2,1-4H3. The molecule has 0 unspecified atom stereocenters. The third-order valence-corrected chi connectivity index (χ3v) is 3.06. The van der Waals surface area contributed by atoms with E-state index in [2.05, 4.69) is 39.9 Å². The van der Waals surface area contributed by atoms with Gasteiger partial charge in [-0.05, 0) is 27.2 Å². The molecule has 0 aliphatic rings. The Morgan fingerprint density at radius 2 is 2.11 bits per heavy atom. The van der Waals surface area contributed by atoms with Crippen molar-refractivity contribution in [3.63, 3.8) is 0 Å². The smallest absolute Gasteiger partial charge is 0.133 e. The summed E-state index contributed by atoms with van der Waals surface area (Å²) in [6.45, 7) is 9.28. The van der Waals surface area contributed by atoms with E-state index in [4.69, 9.17) is 5.73 Å². The highest BCUT2D eigenvalue weighted by molar-refractivity contribution is 5.68. The number of aryl methyl sites for hydroxylation is 2. The van der Waals surface area contributed by atoms with E-state index in [9.17, 15) is 0 Å². The van der Waals surface area contributed by atoms with Crippen molar-refractivity contribution in [2.45, 2.75) is 46.7 Å². The van der Waals surface area contributed by atoms with Gasteiger partial charge < -0.3 is 14.9 Å². The molecule has 2 aromatic heterocycles. The van der Waals surface area contributed by atoms with Crippen LogP contribution in [0.15, 0.2) is 12.5 Å². The Kier molecular flexibility index (Phi) is 3.41. The summed E-state index contributed by atoms with van der Waals surface area (Å²) < 4.78 is 4.15. The van der Waals surface area contributed by atoms with Gasteiger partial charge in [0, 0.05) is 12.6 Å². The summed E-state index contributed by atoms with van der Waals surface area (Å²) in [6.07, 6.45) is 4.73. The topological polar surface area (TPSA) is 61.7 Å². The van der Waals surface area contributed by atoms with E-state index in [-0.39, 0.29) is 0 Å². The fourth-order valence-corrected chi connectivity index (χ4v) is 2.34. The zero-order valence-electron chi connectivity index (χ0n) is 11.5. The van der Waals surface area contributed by atoms with Crippen LogP contribution in [-0.4, -0.2) is 19.1 Å². The molecule has 2 heterocycles. The predicted molar refractivity (Wildman–Crippen MR) is 73.3 cm³/mol. The Morgan fingerprint density at radius 3 is 2.67 bits per heavy atom. The highest BCUT2D eigenvalue weighted by atomic mass is 15.2. The number of hydrogen-bond donors (Lipinski definition) is 1. The maximum atomic E-state index is 6.22. The lowest BCUT2D eigenvalue weighted by Crippen LogP contribution is -2.07. The average Bonchev–Trinajstić information content (AvgIpc) is 2.84. The molecule has 0 spiro atoms. The van der Waals surface area contributed by atoms with Crippen molar-refractivity contribution in [2.24, 2.45) is 0 Å². The predicted octanol–water partition coefficient (Wildman–Crippen LogP) is 2.63. The molecule has 0 aliphatic heterocycles. The van der Waals surface area contributed by atoms with Crippen molar-refractivity contribution in [1.82, 2.24) is 19.1 Å². The number of nitrogens with two attached hydrogens (primary N) is 1. The summed E-state index contributed by atoms with van der Waals surface area (Å²) in [5, 5.41) is 0. The largest absolute Gasteiger partial charge is 0.383 e. The van der Waals surface area contributed by atoms with Gasteiger partial charge in [0.2, 0.25) is 0 Å². The fraction of sp³-hybridized carbons (Fsp3) is 0.538. The van der Waals surface area contributed by atoms with Crippen LogP contribution in [0.25, 0.3) is 11.4 Å². The van der Waals surface area contributed by atoms with E-state index in [1.807, 2.05) is 19.4 Å². The molecule has 0 amide bonds. The Hall–Kier alpha value is -1.78. The number of rotatable bonds is 4. The zero-order valence-corrected chi connectivity index (χ0v) is 11.5. The minimum atomic E-state index is 0.314. The van der Waals surface area contributed by atoms with Crippen LogP contribution in [0.2, 0.25) is 0 Å². The molecule has 0 fully saturated rings. The Balaban J connectivity index is 2.51. The molecule has 2 rings (SSSR count). The van der Waals surface area contributed by atoms with Crippen molar-refractivity contribution in [2.75, 3.05) is 5.73 Å². The monoisotopic (exact) mass is 247 g/mol. The normalized spacial score (nSPS) is 11.4. The van der Waals surface area contributed by atoms with Crippen LogP contribution in [0.3, 0.4) is 0 Å². The first-order chi connectivity index (χ1) is 8.56. The molecule has 0 aliphatic carbocycles. The first kappa shape index (κ1) is 12.7. The highest BCUT2D eigenvalue weighted by Crippen LogP contribution is 2.28. The molecular formula is C13H21N5. The van der Waals surface area contributed by atoms with Crippen LogP contribution in [-0.2, 0) is 6.54 Å². The molecule has 2 N–H and O–H groups in total. The first-order valence-corrected chi connectivity index (χ1v) is 6.41. The molecular weight excluding hydrogens is 226 g/mol. The molecule has 0 saturated carbocycles. The molecule has 0 bridgehead atoms. The van der Waals surface area contributed by atoms with Crippen molar-refractivity contribution < 1.29 is 0 Å². The Labute approximate surface area is 108 Å². The van der Waals surface area contributed by atoms with E-state index in [0.717, 1.165) is 36.0 Å². The minimum Gasteiger partial charge on any atom is -0.383 e.